The number of likely N-dealkylation sites (tertiary alicyclic amines) is 1. The topological polar surface area (TPSA) is 77.7 Å². The molecule has 1 saturated carbocycles. The van der Waals surface area contributed by atoms with Gasteiger partial charge in [-0.1, -0.05) is 64.5 Å². The summed E-state index contributed by atoms with van der Waals surface area (Å²) in [4.78, 5) is 17.8. The van der Waals surface area contributed by atoms with Crippen molar-refractivity contribution in [3.05, 3.63) is 0 Å². The van der Waals surface area contributed by atoms with E-state index in [0.717, 1.165) is 26.1 Å². The van der Waals surface area contributed by atoms with Gasteiger partial charge in [0, 0.05) is 26.2 Å². The average molecular weight is 399 g/mol. The Labute approximate surface area is 174 Å². The van der Waals surface area contributed by atoms with Gasteiger partial charge < -0.3 is 15.1 Å². The molecule has 0 aromatic carbocycles. The van der Waals surface area contributed by atoms with Gasteiger partial charge in [0.25, 0.3) is 0 Å². The van der Waals surface area contributed by atoms with Crippen molar-refractivity contribution in [2.75, 3.05) is 33.3 Å². The van der Waals surface area contributed by atoms with E-state index in [1.165, 1.54) is 58.3 Å². The highest BCUT2D eigenvalue weighted by Gasteiger charge is 2.15. The number of carbonyl (C=O) groups is 1. The molecule has 0 atom stereocenters. The molecule has 1 heterocycles. The number of amides is 1. The standard InChI is InChI=1S/C7H14N2O.C6H13NO.C5H10.C2H3N.C2H6/c1-8-6-7(10)9-4-2-3-5-9;1-3-5-6-8-7-4-2;1-2-4-5-3-1;1-2-3;1-2/h8H,2-6H2,1H3;4H,3,5-6H2,1-2H3;1-5H2;1H3;1-2H3/b;7-4-;;;. The quantitative estimate of drug-likeness (QED) is 0.381. The highest BCUT2D eigenvalue weighted by atomic mass is 16.6. The van der Waals surface area contributed by atoms with E-state index in [9.17, 15) is 4.79 Å². The molecule has 0 aromatic rings. The zero-order chi connectivity index (χ0) is 21.9. The van der Waals surface area contributed by atoms with Crippen LogP contribution in [-0.4, -0.2) is 50.3 Å². The first-order valence-electron chi connectivity index (χ1n) is 11.0. The minimum atomic E-state index is 0.236. The van der Waals surface area contributed by atoms with Crippen LogP contribution in [0.4, 0.5) is 0 Å². The molecular weight excluding hydrogens is 352 g/mol. The van der Waals surface area contributed by atoms with Crippen LogP contribution in [-0.2, 0) is 9.63 Å². The molecule has 1 amide bonds. The van der Waals surface area contributed by atoms with Crippen LogP contribution in [0.15, 0.2) is 5.16 Å². The predicted octanol–water partition coefficient (Wildman–Crippen LogP) is 5.14. The highest BCUT2D eigenvalue weighted by Crippen LogP contribution is 2.15. The van der Waals surface area contributed by atoms with Gasteiger partial charge in [-0.05, 0) is 33.2 Å². The van der Waals surface area contributed by atoms with E-state index in [1.54, 1.807) is 19.3 Å². The van der Waals surface area contributed by atoms with Gasteiger partial charge in [-0.15, -0.1) is 0 Å². The van der Waals surface area contributed by atoms with Crippen molar-refractivity contribution in [1.82, 2.24) is 10.2 Å². The van der Waals surface area contributed by atoms with Crippen LogP contribution in [0, 0.1) is 11.3 Å². The van der Waals surface area contributed by atoms with E-state index in [-0.39, 0.29) is 5.91 Å². The first kappa shape index (κ1) is 31.1. The van der Waals surface area contributed by atoms with Crippen molar-refractivity contribution in [2.24, 2.45) is 5.16 Å². The molecule has 2 fully saturated rings. The molecule has 2 rings (SSSR count). The number of nitriles is 1. The molecule has 1 saturated heterocycles. The van der Waals surface area contributed by atoms with E-state index in [4.69, 9.17) is 10.1 Å². The van der Waals surface area contributed by atoms with Crippen LogP contribution in [0.3, 0.4) is 0 Å². The third-order valence-corrected chi connectivity index (χ3v) is 3.81. The molecule has 0 unspecified atom stereocenters. The zero-order valence-corrected chi connectivity index (χ0v) is 19.4. The van der Waals surface area contributed by atoms with Crippen LogP contribution < -0.4 is 5.32 Å². The van der Waals surface area contributed by atoms with Crippen molar-refractivity contribution in [1.29, 1.82) is 5.26 Å². The van der Waals surface area contributed by atoms with Crippen molar-refractivity contribution in [3.63, 3.8) is 0 Å². The minimum Gasteiger partial charge on any atom is -0.396 e. The number of carbonyl (C=O) groups excluding carboxylic acids is 1. The molecule has 0 spiro atoms. The Bertz CT molecular complexity index is 350. The number of unbranched alkanes of at least 4 members (excludes halogenated alkanes) is 1. The van der Waals surface area contributed by atoms with Crippen LogP contribution in [0.5, 0.6) is 0 Å². The summed E-state index contributed by atoms with van der Waals surface area (Å²) in [7, 11) is 1.80. The second-order valence-electron chi connectivity index (χ2n) is 6.16. The Morgan fingerprint density at radius 2 is 1.61 bits per heavy atom. The van der Waals surface area contributed by atoms with Gasteiger partial charge in [0.05, 0.1) is 12.6 Å². The summed E-state index contributed by atoms with van der Waals surface area (Å²) in [5.41, 5.74) is 0. The minimum absolute atomic E-state index is 0.236. The molecule has 0 aromatic heterocycles. The number of nitrogens with zero attached hydrogens (tertiary/aromatic N) is 3. The lowest BCUT2D eigenvalue weighted by Gasteiger charge is -2.13. The molecule has 166 valence electrons. The molecule has 1 aliphatic heterocycles. The second-order valence-corrected chi connectivity index (χ2v) is 6.16. The summed E-state index contributed by atoms with van der Waals surface area (Å²) in [6, 6.07) is 1.75. The smallest absolute Gasteiger partial charge is 0.236 e. The largest absolute Gasteiger partial charge is 0.396 e. The molecule has 2 aliphatic rings. The summed E-state index contributed by atoms with van der Waals surface area (Å²) >= 11 is 0. The maximum atomic E-state index is 11.1. The van der Waals surface area contributed by atoms with Gasteiger partial charge in [0.15, 0.2) is 0 Å². The van der Waals surface area contributed by atoms with Gasteiger partial charge in [-0.25, -0.2) is 0 Å². The lowest BCUT2D eigenvalue weighted by atomic mass is 10.4. The summed E-state index contributed by atoms with van der Waals surface area (Å²) in [6.45, 7) is 12.5. The molecular formula is C22H46N4O2. The lowest BCUT2D eigenvalue weighted by molar-refractivity contribution is -0.129. The summed E-state index contributed by atoms with van der Waals surface area (Å²) in [6.07, 6.45) is 13.8. The molecule has 0 bridgehead atoms. The lowest BCUT2D eigenvalue weighted by Crippen LogP contribution is -2.34. The van der Waals surface area contributed by atoms with Crippen LogP contribution >= 0.6 is 0 Å². The molecule has 1 aliphatic carbocycles. The Morgan fingerprint density at radius 3 is 1.96 bits per heavy atom. The normalized spacial score (nSPS) is 14.1. The SMILES string of the molecule is C/C=N\OCCCC.C1CCCC1.CC.CC#N.CNCC(=O)N1CCCC1. The van der Waals surface area contributed by atoms with Gasteiger partial charge in [-0.3, -0.25) is 4.79 Å². The molecule has 28 heavy (non-hydrogen) atoms. The fourth-order valence-electron chi connectivity index (χ4n) is 2.45. The van der Waals surface area contributed by atoms with Crippen LogP contribution in [0.25, 0.3) is 0 Å². The monoisotopic (exact) mass is 398 g/mol. The van der Waals surface area contributed by atoms with Crippen molar-refractivity contribution in [2.45, 2.75) is 92.4 Å². The first-order chi connectivity index (χ1) is 13.7. The van der Waals surface area contributed by atoms with Crippen molar-refractivity contribution >= 4 is 12.1 Å². The Kier molecular flexibility index (Phi) is 33.5. The maximum absolute atomic E-state index is 11.1. The Balaban J connectivity index is -0.000000310. The van der Waals surface area contributed by atoms with E-state index in [2.05, 4.69) is 17.4 Å². The molecule has 6 nitrogen and oxygen atoms in total. The third-order valence-electron chi connectivity index (χ3n) is 3.81. The van der Waals surface area contributed by atoms with Gasteiger partial charge in [0.1, 0.15) is 6.61 Å². The Morgan fingerprint density at radius 1 is 1.14 bits per heavy atom. The summed E-state index contributed by atoms with van der Waals surface area (Å²) in [5.74, 6) is 0.236. The van der Waals surface area contributed by atoms with Crippen molar-refractivity contribution < 1.29 is 9.63 Å². The number of hydrogen-bond acceptors (Lipinski definition) is 5. The predicted molar refractivity (Wildman–Crippen MR) is 120 cm³/mol. The van der Waals surface area contributed by atoms with Gasteiger partial charge in [-0.2, -0.15) is 5.26 Å². The van der Waals surface area contributed by atoms with Gasteiger partial charge >= 0.3 is 0 Å². The fraction of sp³-hybridized carbons (Fsp3) is 0.864. The molecule has 0 radical (unpaired) electrons. The van der Waals surface area contributed by atoms with E-state index in [0.29, 0.717) is 6.54 Å². The first-order valence-corrected chi connectivity index (χ1v) is 11.0. The molecule has 6 heteroatoms. The second kappa shape index (κ2) is 30.1. The Hall–Kier alpha value is -1.61. The number of oxime groups is 1. The van der Waals surface area contributed by atoms with Crippen molar-refractivity contribution in [3.8, 4) is 6.07 Å². The molecule has 1 N–H and O–H groups in total. The van der Waals surface area contributed by atoms with E-state index in [1.807, 2.05) is 25.7 Å². The van der Waals surface area contributed by atoms with Gasteiger partial charge in [0.2, 0.25) is 5.91 Å². The third kappa shape index (κ3) is 26.6. The highest BCUT2D eigenvalue weighted by molar-refractivity contribution is 5.78. The fourth-order valence-corrected chi connectivity index (χ4v) is 2.45. The van der Waals surface area contributed by atoms with Crippen LogP contribution in [0.1, 0.15) is 92.4 Å². The summed E-state index contributed by atoms with van der Waals surface area (Å²) in [5, 5.41) is 13.8. The van der Waals surface area contributed by atoms with E-state index >= 15 is 0 Å². The maximum Gasteiger partial charge on any atom is 0.236 e. The summed E-state index contributed by atoms with van der Waals surface area (Å²) < 4.78 is 0. The zero-order valence-electron chi connectivity index (χ0n) is 19.4. The average Bonchev–Trinajstić information content (AvgIpc) is 3.45. The van der Waals surface area contributed by atoms with E-state index < -0.39 is 0 Å². The number of rotatable bonds is 6. The number of nitrogens with one attached hydrogen (secondary N) is 1. The number of likely N-dealkylation sites (N-methyl/N-ethyl adjacent to an activating group) is 1. The van der Waals surface area contributed by atoms with Crippen LogP contribution in [0.2, 0.25) is 0 Å². The number of hydrogen-bond donors (Lipinski definition) is 1.